The van der Waals surface area contributed by atoms with Crippen LogP contribution in [0.15, 0.2) is 18.2 Å². The van der Waals surface area contributed by atoms with Crippen LogP contribution < -0.4 is 5.32 Å². The van der Waals surface area contributed by atoms with Gasteiger partial charge < -0.3 is 5.32 Å². The van der Waals surface area contributed by atoms with Crippen molar-refractivity contribution < 1.29 is 4.79 Å². The molecule has 2 heteroatoms. The van der Waals surface area contributed by atoms with E-state index < -0.39 is 0 Å². The number of amides is 1. The molecule has 0 aromatic heterocycles. The van der Waals surface area contributed by atoms with Crippen molar-refractivity contribution in [1.29, 1.82) is 0 Å². The summed E-state index contributed by atoms with van der Waals surface area (Å²) in [5, 5.41) is 3.05. The molecular formula is C15H23NO. The number of para-hydroxylation sites is 1. The molecule has 0 atom stereocenters. The molecule has 1 N–H and O–H groups in total. The Morgan fingerprint density at radius 1 is 1.35 bits per heavy atom. The maximum atomic E-state index is 11.8. The molecule has 1 aromatic carbocycles. The lowest BCUT2D eigenvalue weighted by molar-refractivity contribution is -0.116. The van der Waals surface area contributed by atoms with E-state index in [9.17, 15) is 4.79 Å². The normalized spacial score (nSPS) is 10.6. The molecule has 2 nitrogen and oxygen atoms in total. The molecule has 1 amide bonds. The molecule has 0 fully saturated rings. The fourth-order valence-electron chi connectivity index (χ4n) is 1.82. The van der Waals surface area contributed by atoms with Crippen LogP contribution in [-0.2, 0) is 11.2 Å². The first kappa shape index (κ1) is 13.8. The highest BCUT2D eigenvalue weighted by molar-refractivity contribution is 5.92. The minimum Gasteiger partial charge on any atom is -0.326 e. The van der Waals surface area contributed by atoms with Gasteiger partial charge in [-0.15, -0.1) is 0 Å². The van der Waals surface area contributed by atoms with Crippen LogP contribution in [0.2, 0.25) is 0 Å². The molecule has 0 unspecified atom stereocenters. The van der Waals surface area contributed by atoms with E-state index in [1.165, 1.54) is 5.56 Å². The smallest absolute Gasteiger partial charge is 0.224 e. The average Bonchev–Trinajstić information content (AvgIpc) is 2.29. The predicted molar refractivity (Wildman–Crippen MR) is 73.3 cm³/mol. The Labute approximate surface area is 104 Å². The molecule has 17 heavy (non-hydrogen) atoms. The molecular weight excluding hydrogens is 210 g/mol. The zero-order valence-electron chi connectivity index (χ0n) is 11.3. The predicted octanol–water partition coefficient (Wildman–Crippen LogP) is 3.93. The molecule has 0 aliphatic rings. The van der Waals surface area contributed by atoms with Gasteiger partial charge in [0.1, 0.15) is 0 Å². The van der Waals surface area contributed by atoms with Crippen LogP contribution in [0, 0.1) is 12.8 Å². The average molecular weight is 233 g/mol. The van der Waals surface area contributed by atoms with E-state index in [1.807, 2.05) is 19.1 Å². The number of hydrogen-bond donors (Lipinski definition) is 1. The van der Waals surface area contributed by atoms with E-state index in [4.69, 9.17) is 0 Å². The molecule has 1 rings (SSSR count). The molecule has 0 saturated heterocycles. The quantitative estimate of drug-likeness (QED) is 0.820. The van der Waals surface area contributed by atoms with E-state index >= 15 is 0 Å². The largest absolute Gasteiger partial charge is 0.326 e. The van der Waals surface area contributed by atoms with Gasteiger partial charge in [0.2, 0.25) is 5.91 Å². The van der Waals surface area contributed by atoms with Crippen molar-refractivity contribution in [2.45, 2.75) is 47.0 Å². The highest BCUT2D eigenvalue weighted by atomic mass is 16.1. The van der Waals surface area contributed by atoms with Crippen LogP contribution >= 0.6 is 0 Å². The van der Waals surface area contributed by atoms with E-state index in [0.717, 1.165) is 24.1 Å². The third-order valence-electron chi connectivity index (χ3n) is 2.95. The first-order chi connectivity index (χ1) is 8.04. The SMILES string of the molecule is CCc1cccc(C)c1NC(=O)CCC(C)C. The lowest BCUT2D eigenvalue weighted by Crippen LogP contribution is -2.14. The summed E-state index contributed by atoms with van der Waals surface area (Å²) in [6.07, 6.45) is 2.50. The van der Waals surface area contributed by atoms with E-state index in [0.29, 0.717) is 12.3 Å². The van der Waals surface area contributed by atoms with Crippen LogP contribution in [0.1, 0.15) is 44.7 Å². The van der Waals surface area contributed by atoms with E-state index in [1.54, 1.807) is 0 Å². The third kappa shape index (κ3) is 4.22. The summed E-state index contributed by atoms with van der Waals surface area (Å²) in [6, 6.07) is 6.15. The molecule has 0 radical (unpaired) electrons. The standard InChI is InChI=1S/C15H23NO/c1-5-13-8-6-7-12(4)15(13)16-14(17)10-9-11(2)3/h6-8,11H,5,9-10H2,1-4H3,(H,16,17). The second kappa shape index (κ2) is 6.43. The summed E-state index contributed by atoms with van der Waals surface area (Å²) in [5.74, 6) is 0.700. The zero-order valence-corrected chi connectivity index (χ0v) is 11.3. The number of rotatable bonds is 5. The van der Waals surface area contributed by atoms with Crippen molar-refractivity contribution in [3.05, 3.63) is 29.3 Å². The minimum atomic E-state index is 0.128. The molecule has 0 heterocycles. The highest BCUT2D eigenvalue weighted by Crippen LogP contribution is 2.21. The molecule has 0 aliphatic heterocycles. The number of nitrogens with one attached hydrogen (secondary N) is 1. The second-order valence-corrected chi connectivity index (χ2v) is 4.94. The van der Waals surface area contributed by atoms with Gasteiger partial charge in [-0.3, -0.25) is 4.79 Å². The molecule has 94 valence electrons. The number of aryl methyl sites for hydroxylation is 2. The number of benzene rings is 1. The summed E-state index contributed by atoms with van der Waals surface area (Å²) < 4.78 is 0. The Bertz CT molecular complexity index is 383. The Morgan fingerprint density at radius 3 is 2.65 bits per heavy atom. The number of carbonyl (C=O) groups is 1. The summed E-state index contributed by atoms with van der Waals surface area (Å²) in [4.78, 5) is 11.8. The van der Waals surface area contributed by atoms with Crippen LogP contribution in [0.4, 0.5) is 5.69 Å². The van der Waals surface area contributed by atoms with Crippen LogP contribution in [0.25, 0.3) is 0 Å². The van der Waals surface area contributed by atoms with Gasteiger partial charge in [0.15, 0.2) is 0 Å². The molecule has 0 saturated carbocycles. The second-order valence-electron chi connectivity index (χ2n) is 4.94. The Balaban J connectivity index is 2.70. The van der Waals surface area contributed by atoms with Crippen molar-refractivity contribution >= 4 is 11.6 Å². The summed E-state index contributed by atoms with van der Waals surface area (Å²) in [7, 11) is 0. The Morgan fingerprint density at radius 2 is 2.06 bits per heavy atom. The van der Waals surface area contributed by atoms with Crippen molar-refractivity contribution in [2.75, 3.05) is 5.32 Å². The summed E-state index contributed by atoms with van der Waals surface area (Å²) >= 11 is 0. The fraction of sp³-hybridized carbons (Fsp3) is 0.533. The highest BCUT2D eigenvalue weighted by Gasteiger charge is 2.08. The third-order valence-corrected chi connectivity index (χ3v) is 2.95. The topological polar surface area (TPSA) is 29.1 Å². The number of anilines is 1. The maximum absolute atomic E-state index is 11.8. The maximum Gasteiger partial charge on any atom is 0.224 e. The minimum absolute atomic E-state index is 0.128. The van der Waals surface area contributed by atoms with E-state index in [2.05, 4.69) is 32.2 Å². The number of carbonyl (C=O) groups excluding carboxylic acids is 1. The van der Waals surface area contributed by atoms with E-state index in [-0.39, 0.29) is 5.91 Å². The van der Waals surface area contributed by atoms with Gasteiger partial charge in [-0.25, -0.2) is 0 Å². The first-order valence-corrected chi connectivity index (χ1v) is 6.43. The van der Waals surface area contributed by atoms with Gasteiger partial charge in [0.05, 0.1) is 0 Å². The van der Waals surface area contributed by atoms with Crippen molar-refractivity contribution in [2.24, 2.45) is 5.92 Å². The van der Waals surface area contributed by atoms with Gasteiger partial charge in [-0.2, -0.15) is 0 Å². The van der Waals surface area contributed by atoms with Gasteiger partial charge in [-0.05, 0) is 36.8 Å². The Hall–Kier alpha value is -1.31. The van der Waals surface area contributed by atoms with Crippen molar-refractivity contribution in [3.8, 4) is 0 Å². The zero-order chi connectivity index (χ0) is 12.8. The Kier molecular flexibility index (Phi) is 5.20. The first-order valence-electron chi connectivity index (χ1n) is 6.43. The van der Waals surface area contributed by atoms with Crippen LogP contribution in [0.5, 0.6) is 0 Å². The van der Waals surface area contributed by atoms with Gasteiger partial charge >= 0.3 is 0 Å². The van der Waals surface area contributed by atoms with Gasteiger partial charge in [0, 0.05) is 12.1 Å². The monoisotopic (exact) mass is 233 g/mol. The van der Waals surface area contributed by atoms with Crippen LogP contribution in [0.3, 0.4) is 0 Å². The summed E-state index contributed by atoms with van der Waals surface area (Å²) in [6.45, 7) is 8.42. The number of hydrogen-bond acceptors (Lipinski definition) is 1. The molecule has 0 spiro atoms. The van der Waals surface area contributed by atoms with Gasteiger partial charge in [-0.1, -0.05) is 39.0 Å². The van der Waals surface area contributed by atoms with Crippen LogP contribution in [-0.4, -0.2) is 5.91 Å². The fourth-order valence-corrected chi connectivity index (χ4v) is 1.82. The molecule has 0 aliphatic carbocycles. The van der Waals surface area contributed by atoms with Crippen molar-refractivity contribution in [3.63, 3.8) is 0 Å². The lowest BCUT2D eigenvalue weighted by Gasteiger charge is -2.13. The summed E-state index contributed by atoms with van der Waals surface area (Å²) in [5.41, 5.74) is 3.36. The molecule has 0 bridgehead atoms. The molecule has 1 aromatic rings. The van der Waals surface area contributed by atoms with Gasteiger partial charge in [0.25, 0.3) is 0 Å². The van der Waals surface area contributed by atoms with Crippen molar-refractivity contribution in [1.82, 2.24) is 0 Å². The lowest BCUT2D eigenvalue weighted by atomic mass is 10.0.